The van der Waals surface area contributed by atoms with Crippen molar-refractivity contribution >= 4 is 15.9 Å². The van der Waals surface area contributed by atoms with Gasteiger partial charge in [0.15, 0.2) is 0 Å². The van der Waals surface area contributed by atoms with Crippen LogP contribution in [0.5, 0.6) is 0 Å². The van der Waals surface area contributed by atoms with Crippen molar-refractivity contribution in [1.82, 2.24) is 0 Å². The molecular formula is C16H24BrNO. The summed E-state index contributed by atoms with van der Waals surface area (Å²) in [6, 6.07) is 8.30. The number of hydrogen-bond donors (Lipinski definition) is 1. The molecule has 0 spiro atoms. The summed E-state index contributed by atoms with van der Waals surface area (Å²) in [6.07, 6.45) is 6.01. The highest BCUT2D eigenvalue weighted by atomic mass is 79.9. The summed E-state index contributed by atoms with van der Waals surface area (Å²) < 4.78 is 7.31. The van der Waals surface area contributed by atoms with E-state index in [1.807, 2.05) is 12.1 Å². The average molecular weight is 326 g/mol. The van der Waals surface area contributed by atoms with Gasteiger partial charge >= 0.3 is 0 Å². The molecule has 2 nitrogen and oxygen atoms in total. The van der Waals surface area contributed by atoms with Crippen LogP contribution in [0.3, 0.4) is 0 Å². The zero-order valence-corrected chi connectivity index (χ0v) is 13.3. The Labute approximate surface area is 124 Å². The van der Waals surface area contributed by atoms with Crippen LogP contribution in [0.4, 0.5) is 0 Å². The van der Waals surface area contributed by atoms with Crippen LogP contribution in [0.2, 0.25) is 0 Å². The Kier molecular flexibility index (Phi) is 5.43. The molecular weight excluding hydrogens is 302 g/mol. The van der Waals surface area contributed by atoms with Gasteiger partial charge in [0.1, 0.15) is 0 Å². The van der Waals surface area contributed by atoms with Crippen molar-refractivity contribution in [3.63, 3.8) is 0 Å². The standard InChI is InChI=1S/C16H24BrNO/c1-2-13-6-8-16(12-18,9-7-13)19-11-14-4-3-5-15(17)10-14/h3-5,10,13H,2,6-9,11-12,18H2,1H3. The molecule has 1 saturated carbocycles. The highest BCUT2D eigenvalue weighted by molar-refractivity contribution is 9.10. The van der Waals surface area contributed by atoms with E-state index >= 15 is 0 Å². The summed E-state index contributed by atoms with van der Waals surface area (Å²) in [6.45, 7) is 3.58. The highest BCUT2D eigenvalue weighted by Crippen LogP contribution is 2.36. The maximum absolute atomic E-state index is 6.21. The quantitative estimate of drug-likeness (QED) is 0.877. The molecule has 3 heteroatoms. The second kappa shape index (κ2) is 6.87. The van der Waals surface area contributed by atoms with Crippen molar-refractivity contribution in [1.29, 1.82) is 0 Å². The van der Waals surface area contributed by atoms with Crippen molar-refractivity contribution in [3.8, 4) is 0 Å². The minimum Gasteiger partial charge on any atom is -0.369 e. The number of nitrogens with two attached hydrogens (primary N) is 1. The molecule has 106 valence electrons. The van der Waals surface area contributed by atoms with Gasteiger partial charge in [-0.1, -0.05) is 41.4 Å². The summed E-state index contributed by atoms with van der Waals surface area (Å²) in [5.74, 6) is 0.870. The minimum absolute atomic E-state index is 0.0893. The van der Waals surface area contributed by atoms with Gasteiger partial charge in [0.05, 0.1) is 12.2 Å². The topological polar surface area (TPSA) is 35.2 Å². The lowest BCUT2D eigenvalue weighted by Crippen LogP contribution is -2.43. The third-order valence-corrected chi connectivity index (χ3v) is 4.89. The third kappa shape index (κ3) is 4.04. The van der Waals surface area contributed by atoms with Gasteiger partial charge in [-0.25, -0.2) is 0 Å². The van der Waals surface area contributed by atoms with E-state index in [-0.39, 0.29) is 5.60 Å². The first-order chi connectivity index (χ1) is 9.17. The second-order valence-corrected chi connectivity index (χ2v) is 6.57. The van der Waals surface area contributed by atoms with Crippen LogP contribution in [0, 0.1) is 5.92 Å². The van der Waals surface area contributed by atoms with Gasteiger partial charge < -0.3 is 10.5 Å². The van der Waals surface area contributed by atoms with E-state index < -0.39 is 0 Å². The van der Waals surface area contributed by atoms with Crippen LogP contribution in [0.15, 0.2) is 28.7 Å². The average Bonchev–Trinajstić information content (AvgIpc) is 2.46. The maximum Gasteiger partial charge on any atom is 0.0808 e. The third-order valence-electron chi connectivity index (χ3n) is 4.40. The Morgan fingerprint density at radius 2 is 2.11 bits per heavy atom. The zero-order valence-electron chi connectivity index (χ0n) is 11.7. The Hall–Kier alpha value is -0.380. The van der Waals surface area contributed by atoms with E-state index in [2.05, 4.69) is 35.0 Å². The molecule has 0 amide bonds. The van der Waals surface area contributed by atoms with E-state index in [9.17, 15) is 0 Å². The lowest BCUT2D eigenvalue weighted by molar-refractivity contribution is -0.0813. The van der Waals surface area contributed by atoms with Gasteiger partial charge in [-0.15, -0.1) is 0 Å². The molecule has 0 aromatic heterocycles. The molecule has 0 radical (unpaired) electrons. The Bertz CT molecular complexity index is 399. The molecule has 0 saturated heterocycles. The second-order valence-electron chi connectivity index (χ2n) is 5.66. The number of ether oxygens (including phenoxy) is 1. The van der Waals surface area contributed by atoms with E-state index in [0.717, 1.165) is 23.2 Å². The SMILES string of the molecule is CCC1CCC(CN)(OCc2cccc(Br)c2)CC1. The van der Waals surface area contributed by atoms with E-state index in [4.69, 9.17) is 10.5 Å². The fourth-order valence-corrected chi connectivity index (χ4v) is 3.33. The molecule has 1 aromatic carbocycles. The largest absolute Gasteiger partial charge is 0.369 e. The van der Waals surface area contributed by atoms with Crippen LogP contribution in [-0.2, 0) is 11.3 Å². The zero-order chi connectivity index (χ0) is 13.7. The van der Waals surface area contributed by atoms with Crippen LogP contribution in [-0.4, -0.2) is 12.1 Å². The Morgan fingerprint density at radius 1 is 1.37 bits per heavy atom. The first kappa shape index (κ1) is 15.0. The monoisotopic (exact) mass is 325 g/mol. The van der Waals surface area contributed by atoms with Crippen molar-refractivity contribution in [3.05, 3.63) is 34.3 Å². The molecule has 0 heterocycles. The molecule has 1 aromatic rings. The van der Waals surface area contributed by atoms with Gasteiger partial charge in [-0.05, 0) is 49.3 Å². The number of halogens is 1. The normalized spacial score (nSPS) is 27.4. The first-order valence-electron chi connectivity index (χ1n) is 7.26. The molecule has 19 heavy (non-hydrogen) atoms. The summed E-state index contributed by atoms with van der Waals surface area (Å²) in [7, 11) is 0. The molecule has 1 aliphatic rings. The van der Waals surface area contributed by atoms with Crippen molar-refractivity contribution in [2.24, 2.45) is 11.7 Å². The fourth-order valence-electron chi connectivity index (χ4n) is 2.88. The lowest BCUT2D eigenvalue weighted by atomic mass is 9.77. The van der Waals surface area contributed by atoms with Gasteiger partial charge in [0, 0.05) is 11.0 Å². The molecule has 1 fully saturated rings. The van der Waals surface area contributed by atoms with Gasteiger partial charge in [0.2, 0.25) is 0 Å². The molecule has 0 atom stereocenters. The molecule has 0 unspecified atom stereocenters. The predicted octanol–water partition coefficient (Wildman–Crippen LogP) is 4.26. The minimum atomic E-state index is -0.0893. The highest BCUT2D eigenvalue weighted by Gasteiger charge is 2.34. The predicted molar refractivity (Wildman–Crippen MR) is 83.0 cm³/mol. The van der Waals surface area contributed by atoms with Crippen LogP contribution in [0.1, 0.15) is 44.6 Å². The van der Waals surface area contributed by atoms with E-state index in [0.29, 0.717) is 13.2 Å². The number of rotatable bonds is 5. The summed E-state index contributed by atoms with van der Waals surface area (Å²) in [5, 5.41) is 0. The molecule has 0 bridgehead atoms. The van der Waals surface area contributed by atoms with Crippen LogP contribution >= 0.6 is 15.9 Å². The van der Waals surface area contributed by atoms with Gasteiger partial charge in [0.25, 0.3) is 0 Å². The number of hydrogen-bond acceptors (Lipinski definition) is 2. The summed E-state index contributed by atoms with van der Waals surface area (Å²) in [4.78, 5) is 0. The number of benzene rings is 1. The smallest absolute Gasteiger partial charge is 0.0808 e. The van der Waals surface area contributed by atoms with Crippen molar-refractivity contribution in [2.45, 2.75) is 51.2 Å². The first-order valence-corrected chi connectivity index (χ1v) is 8.05. The summed E-state index contributed by atoms with van der Waals surface area (Å²) in [5.41, 5.74) is 7.10. The maximum atomic E-state index is 6.21. The molecule has 2 N–H and O–H groups in total. The molecule has 1 aliphatic carbocycles. The van der Waals surface area contributed by atoms with Gasteiger partial charge in [-0.3, -0.25) is 0 Å². The van der Waals surface area contributed by atoms with E-state index in [1.165, 1.54) is 24.8 Å². The van der Waals surface area contributed by atoms with Crippen molar-refractivity contribution < 1.29 is 4.74 Å². The molecule has 2 rings (SSSR count). The van der Waals surface area contributed by atoms with Crippen LogP contribution < -0.4 is 5.73 Å². The lowest BCUT2D eigenvalue weighted by Gasteiger charge is -2.39. The van der Waals surface area contributed by atoms with Crippen LogP contribution in [0.25, 0.3) is 0 Å². The Balaban J connectivity index is 1.92. The Morgan fingerprint density at radius 3 is 2.68 bits per heavy atom. The van der Waals surface area contributed by atoms with Gasteiger partial charge in [-0.2, -0.15) is 0 Å². The fraction of sp³-hybridized carbons (Fsp3) is 0.625. The van der Waals surface area contributed by atoms with E-state index in [1.54, 1.807) is 0 Å². The molecule has 0 aliphatic heterocycles. The summed E-state index contributed by atoms with van der Waals surface area (Å²) >= 11 is 3.50. The van der Waals surface area contributed by atoms with Crippen molar-refractivity contribution in [2.75, 3.05) is 6.54 Å².